The minimum atomic E-state index is -0.101. The Morgan fingerprint density at radius 2 is 1.72 bits per heavy atom. The number of ether oxygens (including phenoxy) is 1. The maximum atomic E-state index is 13.2. The molecule has 0 radical (unpaired) electrons. The lowest BCUT2D eigenvalue weighted by Crippen LogP contribution is -2.52. The van der Waals surface area contributed by atoms with Crippen molar-refractivity contribution in [2.45, 2.75) is 19.9 Å². The Balaban J connectivity index is 1.70. The summed E-state index contributed by atoms with van der Waals surface area (Å²) in [5, 5.41) is 12.8. The number of anilines is 2. The summed E-state index contributed by atoms with van der Waals surface area (Å²) < 4.78 is 5.20. The van der Waals surface area contributed by atoms with Crippen molar-refractivity contribution in [3.63, 3.8) is 0 Å². The van der Waals surface area contributed by atoms with Crippen molar-refractivity contribution >= 4 is 17.3 Å². The molecule has 6 nitrogen and oxygen atoms in total. The molecule has 1 heterocycles. The van der Waals surface area contributed by atoms with Crippen LogP contribution >= 0.6 is 0 Å². The third kappa shape index (κ3) is 4.87. The number of nitrogens with zero attached hydrogens (tertiary/aromatic N) is 3. The molecule has 1 amide bonds. The van der Waals surface area contributed by atoms with Crippen LogP contribution in [0.15, 0.2) is 48.5 Å². The molecule has 3 rings (SSSR count). The monoisotopic (exact) mass is 392 g/mol. The van der Waals surface area contributed by atoms with E-state index in [-0.39, 0.29) is 17.9 Å². The van der Waals surface area contributed by atoms with Crippen LogP contribution in [0.4, 0.5) is 11.4 Å². The highest BCUT2D eigenvalue weighted by Gasteiger charge is 2.28. The molecule has 1 unspecified atom stereocenters. The number of carbonyl (C=O) groups is 1. The SMILES string of the molecule is COc1ccc(Nc2ccccc2C(=O)N2CCN(C(C#N)C(C)C)CC2)cc1. The maximum Gasteiger partial charge on any atom is 0.256 e. The zero-order chi connectivity index (χ0) is 20.8. The van der Waals surface area contributed by atoms with Gasteiger partial charge in [-0.2, -0.15) is 5.26 Å². The van der Waals surface area contributed by atoms with Gasteiger partial charge in [0.05, 0.1) is 24.4 Å². The third-order valence-corrected chi connectivity index (χ3v) is 5.29. The molecule has 1 saturated heterocycles. The van der Waals surface area contributed by atoms with Crippen molar-refractivity contribution in [2.24, 2.45) is 5.92 Å². The predicted molar refractivity (Wildman–Crippen MR) is 114 cm³/mol. The molecule has 1 fully saturated rings. The van der Waals surface area contributed by atoms with E-state index in [1.807, 2.05) is 53.4 Å². The van der Waals surface area contributed by atoms with E-state index >= 15 is 0 Å². The molecule has 0 bridgehead atoms. The summed E-state index contributed by atoms with van der Waals surface area (Å²) in [4.78, 5) is 17.2. The van der Waals surface area contributed by atoms with Gasteiger partial charge in [0.1, 0.15) is 11.8 Å². The van der Waals surface area contributed by atoms with Crippen molar-refractivity contribution in [3.8, 4) is 11.8 Å². The van der Waals surface area contributed by atoms with Crippen LogP contribution in [0.3, 0.4) is 0 Å². The highest BCUT2D eigenvalue weighted by atomic mass is 16.5. The van der Waals surface area contributed by atoms with Crippen molar-refractivity contribution in [2.75, 3.05) is 38.6 Å². The molecule has 2 aromatic carbocycles. The molecule has 1 atom stereocenters. The molecular weight excluding hydrogens is 364 g/mol. The average molecular weight is 393 g/mol. The number of methoxy groups -OCH3 is 1. The fourth-order valence-corrected chi connectivity index (χ4v) is 3.63. The number of rotatable bonds is 6. The molecule has 0 aromatic heterocycles. The second-order valence-corrected chi connectivity index (χ2v) is 7.55. The fraction of sp³-hybridized carbons (Fsp3) is 0.391. The van der Waals surface area contributed by atoms with Crippen LogP contribution in [0.25, 0.3) is 0 Å². The molecule has 0 aliphatic carbocycles. The summed E-state index contributed by atoms with van der Waals surface area (Å²) in [6, 6.07) is 17.5. The van der Waals surface area contributed by atoms with Gasteiger partial charge in [0.2, 0.25) is 0 Å². The van der Waals surface area contributed by atoms with Crippen LogP contribution in [-0.2, 0) is 0 Å². The molecule has 1 N–H and O–H groups in total. The van der Waals surface area contributed by atoms with Gasteiger partial charge in [-0.1, -0.05) is 26.0 Å². The van der Waals surface area contributed by atoms with E-state index in [9.17, 15) is 10.1 Å². The highest BCUT2D eigenvalue weighted by molar-refractivity contribution is 6.00. The first-order valence-electron chi connectivity index (χ1n) is 9.96. The fourth-order valence-electron chi connectivity index (χ4n) is 3.63. The molecular formula is C23H28N4O2. The number of benzene rings is 2. The molecule has 1 aliphatic rings. The number of nitriles is 1. The largest absolute Gasteiger partial charge is 0.497 e. The van der Waals surface area contributed by atoms with Gasteiger partial charge in [-0.3, -0.25) is 9.69 Å². The minimum Gasteiger partial charge on any atom is -0.497 e. The lowest BCUT2D eigenvalue weighted by atomic mass is 10.0. The number of hydrogen-bond acceptors (Lipinski definition) is 5. The molecule has 0 saturated carbocycles. The Hall–Kier alpha value is -3.04. The smallest absolute Gasteiger partial charge is 0.256 e. The first-order valence-corrected chi connectivity index (χ1v) is 9.96. The van der Waals surface area contributed by atoms with Crippen LogP contribution in [0, 0.1) is 17.2 Å². The first-order chi connectivity index (χ1) is 14.0. The van der Waals surface area contributed by atoms with E-state index in [4.69, 9.17) is 4.74 Å². The number of hydrogen-bond donors (Lipinski definition) is 1. The number of piperazine rings is 1. The second kappa shape index (κ2) is 9.44. The molecule has 1 aliphatic heterocycles. The molecule has 29 heavy (non-hydrogen) atoms. The summed E-state index contributed by atoms with van der Waals surface area (Å²) in [6.45, 7) is 6.81. The zero-order valence-corrected chi connectivity index (χ0v) is 17.3. The summed E-state index contributed by atoms with van der Waals surface area (Å²) in [7, 11) is 1.64. The van der Waals surface area contributed by atoms with E-state index in [0.717, 1.165) is 30.2 Å². The predicted octanol–water partition coefficient (Wildman–Crippen LogP) is 3.74. The van der Waals surface area contributed by atoms with E-state index in [2.05, 4.69) is 30.1 Å². The Kier molecular flexibility index (Phi) is 6.73. The average Bonchev–Trinajstić information content (AvgIpc) is 2.75. The summed E-state index contributed by atoms with van der Waals surface area (Å²) in [6.07, 6.45) is 0. The maximum absolute atomic E-state index is 13.2. The summed E-state index contributed by atoms with van der Waals surface area (Å²) >= 11 is 0. The Bertz CT molecular complexity index is 865. The van der Waals surface area contributed by atoms with Crippen LogP contribution in [0.1, 0.15) is 24.2 Å². The van der Waals surface area contributed by atoms with Crippen LogP contribution < -0.4 is 10.1 Å². The minimum absolute atomic E-state index is 0.0133. The van der Waals surface area contributed by atoms with Gasteiger partial charge >= 0.3 is 0 Å². The lowest BCUT2D eigenvalue weighted by Gasteiger charge is -2.38. The summed E-state index contributed by atoms with van der Waals surface area (Å²) in [5.41, 5.74) is 2.32. The molecule has 0 spiro atoms. The van der Waals surface area contributed by atoms with E-state index in [1.54, 1.807) is 7.11 Å². The van der Waals surface area contributed by atoms with Crippen molar-refractivity contribution in [1.29, 1.82) is 5.26 Å². The van der Waals surface area contributed by atoms with Crippen LogP contribution in [-0.4, -0.2) is 55.0 Å². The van der Waals surface area contributed by atoms with Gasteiger partial charge in [0.25, 0.3) is 5.91 Å². The third-order valence-electron chi connectivity index (χ3n) is 5.29. The van der Waals surface area contributed by atoms with Crippen molar-refractivity contribution in [3.05, 3.63) is 54.1 Å². The van der Waals surface area contributed by atoms with Crippen molar-refractivity contribution < 1.29 is 9.53 Å². The number of para-hydroxylation sites is 1. The van der Waals surface area contributed by atoms with Gasteiger partial charge in [-0.25, -0.2) is 0 Å². The lowest BCUT2D eigenvalue weighted by molar-refractivity contribution is 0.0577. The van der Waals surface area contributed by atoms with Gasteiger partial charge < -0.3 is 15.0 Å². The number of carbonyl (C=O) groups excluding carboxylic acids is 1. The second-order valence-electron chi connectivity index (χ2n) is 7.55. The van der Waals surface area contributed by atoms with Crippen molar-refractivity contribution in [1.82, 2.24) is 9.80 Å². The van der Waals surface area contributed by atoms with Gasteiger partial charge in [-0.15, -0.1) is 0 Å². The number of amides is 1. The number of nitrogens with one attached hydrogen (secondary N) is 1. The Morgan fingerprint density at radius 1 is 1.07 bits per heavy atom. The quantitative estimate of drug-likeness (QED) is 0.811. The van der Waals surface area contributed by atoms with Crippen LogP contribution in [0.2, 0.25) is 0 Å². The Morgan fingerprint density at radius 3 is 2.31 bits per heavy atom. The normalized spacial score (nSPS) is 15.6. The van der Waals surface area contributed by atoms with Gasteiger partial charge in [0, 0.05) is 31.9 Å². The van der Waals surface area contributed by atoms with Gasteiger partial charge in [-0.05, 0) is 42.3 Å². The standard InChI is InChI=1S/C23H28N4O2/c1-17(2)22(16-24)26-12-14-27(15-13-26)23(28)20-6-4-5-7-21(20)25-18-8-10-19(29-3)11-9-18/h4-11,17,22,25H,12-15H2,1-3H3. The highest BCUT2D eigenvalue weighted by Crippen LogP contribution is 2.24. The van der Waals surface area contributed by atoms with Crippen LogP contribution in [0.5, 0.6) is 5.75 Å². The zero-order valence-electron chi connectivity index (χ0n) is 17.3. The molecule has 152 valence electrons. The summed E-state index contributed by atoms with van der Waals surface area (Å²) in [5.74, 6) is 1.07. The molecule has 2 aromatic rings. The first kappa shape index (κ1) is 20.7. The van der Waals surface area contributed by atoms with Gasteiger partial charge in [0.15, 0.2) is 0 Å². The topological polar surface area (TPSA) is 68.6 Å². The van der Waals surface area contributed by atoms with E-state index in [1.165, 1.54) is 0 Å². The Labute approximate surface area is 172 Å². The van der Waals surface area contributed by atoms with E-state index < -0.39 is 0 Å². The van der Waals surface area contributed by atoms with E-state index in [0.29, 0.717) is 18.7 Å². The molecule has 6 heteroatoms.